The zero-order valence-corrected chi connectivity index (χ0v) is 10.4. The molecule has 16 heavy (non-hydrogen) atoms. The predicted molar refractivity (Wildman–Crippen MR) is 57.5 cm³/mol. The molecule has 1 aromatic rings. The summed E-state index contributed by atoms with van der Waals surface area (Å²) in [5.74, 6) is -0.240. The third kappa shape index (κ3) is 2.98. The van der Waals surface area contributed by atoms with Crippen LogP contribution in [0.15, 0.2) is 23.1 Å². The monoisotopic (exact) mass is 367 g/mol. The average molecular weight is 367 g/mol. The van der Waals surface area contributed by atoms with Crippen molar-refractivity contribution in [2.24, 2.45) is 5.14 Å². The summed E-state index contributed by atoms with van der Waals surface area (Å²) in [4.78, 5) is -0.697. The Morgan fingerprint density at radius 1 is 1.31 bits per heavy atom. The molecule has 4 nitrogen and oxygen atoms in total. The van der Waals surface area contributed by atoms with Gasteiger partial charge in [0, 0.05) is 0 Å². The highest BCUT2D eigenvalue weighted by molar-refractivity contribution is 14.1. The van der Waals surface area contributed by atoms with E-state index in [0.717, 1.165) is 6.07 Å². The van der Waals surface area contributed by atoms with Gasteiger partial charge in [0.05, 0.1) is 5.56 Å². The fourth-order valence-electron chi connectivity index (χ4n) is 0.970. The second-order valence-electron chi connectivity index (χ2n) is 2.78. The van der Waals surface area contributed by atoms with E-state index in [0.29, 0.717) is 12.1 Å². The molecule has 0 aliphatic heterocycles. The van der Waals surface area contributed by atoms with Crippen LogP contribution in [0.25, 0.3) is 0 Å². The van der Waals surface area contributed by atoms with Crippen molar-refractivity contribution in [3.8, 4) is 5.75 Å². The molecule has 0 aromatic heterocycles. The summed E-state index contributed by atoms with van der Waals surface area (Å²) in [6.45, 7) is 0. The van der Waals surface area contributed by atoms with Crippen molar-refractivity contribution in [2.75, 3.05) is 0 Å². The third-order valence-electron chi connectivity index (χ3n) is 1.66. The lowest BCUT2D eigenvalue weighted by molar-refractivity contribution is -0.137. The van der Waals surface area contributed by atoms with Crippen molar-refractivity contribution in [1.82, 2.24) is 0 Å². The zero-order chi connectivity index (χ0) is 12.6. The largest absolute Gasteiger partial charge is 0.426 e. The van der Waals surface area contributed by atoms with Gasteiger partial charge in [0.25, 0.3) is 0 Å². The summed E-state index contributed by atoms with van der Waals surface area (Å²) in [5, 5.41) is 4.77. The smallest absolute Gasteiger partial charge is 0.416 e. The van der Waals surface area contributed by atoms with E-state index in [1.165, 1.54) is 23.0 Å². The van der Waals surface area contributed by atoms with Gasteiger partial charge >= 0.3 is 6.18 Å². The van der Waals surface area contributed by atoms with Gasteiger partial charge in [-0.2, -0.15) is 13.2 Å². The fraction of sp³-hybridized carbons (Fsp3) is 0.143. The van der Waals surface area contributed by atoms with Gasteiger partial charge in [-0.1, -0.05) is 0 Å². The first-order valence-corrected chi connectivity index (χ1v) is 6.11. The Labute approximate surface area is 103 Å². The number of rotatable bonds is 2. The van der Waals surface area contributed by atoms with Crippen LogP contribution >= 0.6 is 23.0 Å². The van der Waals surface area contributed by atoms with E-state index < -0.39 is 26.7 Å². The Morgan fingerprint density at radius 2 is 1.88 bits per heavy atom. The molecule has 0 atom stereocenters. The fourth-order valence-corrected chi connectivity index (χ4v) is 2.19. The molecular formula is C7H5F3INO3S. The minimum atomic E-state index is -4.64. The van der Waals surface area contributed by atoms with Crippen molar-refractivity contribution in [2.45, 2.75) is 11.1 Å². The lowest BCUT2D eigenvalue weighted by atomic mass is 10.2. The molecule has 0 saturated carbocycles. The van der Waals surface area contributed by atoms with Crippen LogP contribution in [0.4, 0.5) is 13.2 Å². The maximum absolute atomic E-state index is 12.3. The molecule has 0 saturated heterocycles. The van der Waals surface area contributed by atoms with Gasteiger partial charge in [-0.3, -0.25) is 0 Å². The Hall–Kier alpha value is -0.550. The molecule has 0 fully saturated rings. The molecule has 0 aliphatic rings. The van der Waals surface area contributed by atoms with Crippen LogP contribution in [-0.2, 0) is 16.2 Å². The van der Waals surface area contributed by atoms with E-state index in [1.54, 1.807) is 0 Å². The number of hydrogen-bond donors (Lipinski definition) is 1. The standard InChI is InChI=1S/C7H5F3INO3S/c8-7(9,10)4-1-2-5(15-11)6(3-4)16(12,13)14/h1-3H,(H2,12,13,14). The Bertz CT molecular complexity index is 500. The number of primary sulfonamides is 1. The Balaban J connectivity index is 3.46. The first-order valence-electron chi connectivity index (χ1n) is 3.69. The molecule has 0 aliphatic carbocycles. The number of sulfonamides is 1. The SMILES string of the molecule is NS(=O)(=O)c1cc(C(F)(F)F)ccc1OI. The molecule has 2 N–H and O–H groups in total. The first-order chi connectivity index (χ1) is 7.16. The van der Waals surface area contributed by atoms with E-state index in [1.807, 2.05) is 0 Å². The third-order valence-corrected chi connectivity index (χ3v) is 3.07. The predicted octanol–water partition coefficient (Wildman–Crippen LogP) is 2.08. The summed E-state index contributed by atoms with van der Waals surface area (Å²) >= 11 is 1.35. The highest BCUT2D eigenvalue weighted by Crippen LogP contribution is 2.34. The van der Waals surface area contributed by atoms with E-state index >= 15 is 0 Å². The summed E-state index contributed by atoms with van der Waals surface area (Å²) in [6.07, 6.45) is -4.64. The molecule has 0 bridgehead atoms. The molecular weight excluding hydrogens is 362 g/mol. The van der Waals surface area contributed by atoms with Crippen molar-refractivity contribution >= 4 is 33.0 Å². The summed E-state index contributed by atoms with van der Waals surface area (Å²) in [7, 11) is -4.26. The quantitative estimate of drug-likeness (QED) is 0.814. The summed E-state index contributed by atoms with van der Waals surface area (Å²) < 4.78 is 63.6. The molecule has 0 heterocycles. The Kier molecular flexibility index (Phi) is 3.69. The molecule has 0 amide bonds. The number of halogens is 4. The van der Waals surface area contributed by atoms with Crippen LogP contribution in [0.3, 0.4) is 0 Å². The molecule has 0 unspecified atom stereocenters. The average Bonchev–Trinajstić information content (AvgIpc) is 2.14. The number of benzene rings is 1. The molecule has 0 radical (unpaired) electrons. The van der Waals surface area contributed by atoms with E-state index in [2.05, 4.69) is 3.07 Å². The van der Waals surface area contributed by atoms with Crippen molar-refractivity contribution in [1.29, 1.82) is 0 Å². The molecule has 1 rings (SSSR count). The van der Waals surface area contributed by atoms with Gasteiger partial charge in [-0.05, 0) is 18.2 Å². The van der Waals surface area contributed by atoms with Crippen molar-refractivity contribution < 1.29 is 24.7 Å². The van der Waals surface area contributed by atoms with Crippen molar-refractivity contribution in [3.05, 3.63) is 23.8 Å². The van der Waals surface area contributed by atoms with Crippen LogP contribution in [0.1, 0.15) is 5.56 Å². The number of hydrogen-bond acceptors (Lipinski definition) is 3. The highest BCUT2D eigenvalue weighted by Gasteiger charge is 2.32. The highest BCUT2D eigenvalue weighted by atomic mass is 127. The minimum absolute atomic E-state index is 0.240. The number of nitrogens with two attached hydrogens (primary N) is 1. The van der Waals surface area contributed by atoms with E-state index in [9.17, 15) is 21.6 Å². The summed E-state index contributed by atoms with van der Waals surface area (Å²) in [6, 6.07) is 2.04. The van der Waals surface area contributed by atoms with Gasteiger partial charge in [0.2, 0.25) is 10.0 Å². The van der Waals surface area contributed by atoms with Gasteiger partial charge in [0.1, 0.15) is 4.90 Å². The van der Waals surface area contributed by atoms with Gasteiger partial charge < -0.3 is 3.07 Å². The van der Waals surface area contributed by atoms with Crippen LogP contribution in [0.2, 0.25) is 0 Å². The minimum Gasteiger partial charge on any atom is -0.426 e. The molecule has 1 aromatic carbocycles. The second-order valence-corrected chi connectivity index (χ2v) is 4.75. The number of alkyl halides is 3. The van der Waals surface area contributed by atoms with E-state index in [-0.39, 0.29) is 5.75 Å². The zero-order valence-electron chi connectivity index (χ0n) is 7.45. The molecule has 9 heteroatoms. The van der Waals surface area contributed by atoms with Crippen molar-refractivity contribution in [3.63, 3.8) is 0 Å². The maximum Gasteiger partial charge on any atom is 0.416 e. The molecule has 90 valence electrons. The van der Waals surface area contributed by atoms with Gasteiger partial charge in [0.15, 0.2) is 28.8 Å². The molecule has 0 spiro atoms. The lowest BCUT2D eigenvalue weighted by Gasteiger charge is -2.10. The first kappa shape index (κ1) is 13.5. The van der Waals surface area contributed by atoms with Crippen LogP contribution < -0.4 is 8.21 Å². The maximum atomic E-state index is 12.3. The Morgan fingerprint density at radius 3 is 2.25 bits per heavy atom. The van der Waals surface area contributed by atoms with Crippen LogP contribution in [0.5, 0.6) is 5.75 Å². The summed E-state index contributed by atoms with van der Waals surface area (Å²) in [5.41, 5.74) is -1.10. The van der Waals surface area contributed by atoms with Crippen LogP contribution in [0, 0.1) is 0 Å². The second kappa shape index (κ2) is 4.37. The van der Waals surface area contributed by atoms with Crippen LogP contribution in [-0.4, -0.2) is 8.42 Å². The van der Waals surface area contributed by atoms with Gasteiger partial charge in [-0.25, -0.2) is 13.6 Å². The van der Waals surface area contributed by atoms with E-state index in [4.69, 9.17) is 5.14 Å². The van der Waals surface area contributed by atoms with Gasteiger partial charge in [-0.15, -0.1) is 0 Å². The normalized spacial score (nSPS) is 12.6. The lowest BCUT2D eigenvalue weighted by Crippen LogP contribution is -2.15. The topological polar surface area (TPSA) is 69.4 Å².